The van der Waals surface area contributed by atoms with E-state index >= 15 is 0 Å². The maximum atomic E-state index is 13.1. The van der Waals surface area contributed by atoms with Crippen LogP contribution in [0.2, 0.25) is 0 Å². The third-order valence-electron chi connectivity index (χ3n) is 2.78. The van der Waals surface area contributed by atoms with Gasteiger partial charge in [-0.15, -0.1) is 0 Å². The number of nitrogens with two attached hydrogens (primary N) is 1. The lowest BCUT2D eigenvalue weighted by atomic mass is 9.89. The normalized spacial score (nSPS) is 23.0. The molecule has 0 saturated heterocycles. The number of aliphatic hydroxyl groups excluding tert-OH is 1. The Morgan fingerprint density at radius 1 is 1.53 bits per heavy atom. The first-order chi connectivity index (χ1) is 7.97. The Morgan fingerprint density at radius 3 is 2.76 bits per heavy atom. The van der Waals surface area contributed by atoms with E-state index in [2.05, 4.69) is 21.2 Å². The van der Waals surface area contributed by atoms with Crippen LogP contribution in [0.15, 0.2) is 16.6 Å². The molecular formula is C11H12BrFN2O2. The van der Waals surface area contributed by atoms with Gasteiger partial charge in [0.2, 0.25) is 0 Å². The number of halogens is 2. The van der Waals surface area contributed by atoms with Crippen LogP contribution in [0.4, 0.5) is 10.1 Å². The Labute approximate surface area is 106 Å². The molecule has 0 aliphatic heterocycles. The standard InChI is InChI=1S/C11H12BrFN2O2/c12-8-4-9(13)10(14)3-7(8)11(17)15-5-1-6(16)2-5/h3-6,16H,1-2,14H2,(H,15,17). The molecule has 1 saturated carbocycles. The van der Waals surface area contributed by atoms with E-state index in [1.54, 1.807) is 0 Å². The molecule has 2 rings (SSSR count). The van der Waals surface area contributed by atoms with Crippen LogP contribution in [-0.2, 0) is 0 Å². The summed E-state index contributed by atoms with van der Waals surface area (Å²) in [7, 11) is 0. The number of aliphatic hydroxyl groups is 1. The van der Waals surface area contributed by atoms with Crippen molar-refractivity contribution in [3.63, 3.8) is 0 Å². The summed E-state index contributed by atoms with van der Waals surface area (Å²) in [4.78, 5) is 11.8. The van der Waals surface area contributed by atoms with Gasteiger partial charge in [0.15, 0.2) is 0 Å². The number of hydrogen-bond acceptors (Lipinski definition) is 3. The van der Waals surface area contributed by atoms with E-state index in [4.69, 9.17) is 10.8 Å². The molecule has 1 fully saturated rings. The molecular weight excluding hydrogens is 291 g/mol. The third-order valence-corrected chi connectivity index (χ3v) is 3.44. The number of rotatable bonds is 2. The van der Waals surface area contributed by atoms with Gasteiger partial charge in [-0.25, -0.2) is 4.39 Å². The van der Waals surface area contributed by atoms with Gasteiger partial charge in [-0.1, -0.05) is 0 Å². The molecule has 0 heterocycles. The Balaban J connectivity index is 2.11. The summed E-state index contributed by atoms with van der Waals surface area (Å²) in [5.41, 5.74) is 5.64. The van der Waals surface area contributed by atoms with Gasteiger partial charge in [0.05, 0.1) is 17.4 Å². The van der Waals surface area contributed by atoms with Crippen LogP contribution in [0.3, 0.4) is 0 Å². The minimum absolute atomic E-state index is 0.0179. The van der Waals surface area contributed by atoms with Crippen LogP contribution < -0.4 is 11.1 Å². The molecule has 1 amide bonds. The zero-order valence-corrected chi connectivity index (χ0v) is 10.5. The van der Waals surface area contributed by atoms with Crippen LogP contribution in [-0.4, -0.2) is 23.2 Å². The molecule has 4 nitrogen and oxygen atoms in total. The summed E-state index contributed by atoms with van der Waals surface area (Å²) >= 11 is 3.12. The first kappa shape index (κ1) is 12.3. The summed E-state index contributed by atoms with van der Waals surface area (Å²) in [6, 6.07) is 2.44. The first-order valence-electron chi connectivity index (χ1n) is 5.21. The van der Waals surface area contributed by atoms with Gasteiger partial charge >= 0.3 is 0 Å². The number of amides is 1. The Bertz CT molecular complexity index is 461. The monoisotopic (exact) mass is 302 g/mol. The number of anilines is 1. The summed E-state index contributed by atoms with van der Waals surface area (Å²) in [6.07, 6.45) is 0.780. The summed E-state index contributed by atoms with van der Waals surface area (Å²) in [5, 5.41) is 11.9. The van der Waals surface area contributed by atoms with Gasteiger partial charge in [-0.05, 0) is 40.9 Å². The second-order valence-corrected chi connectivity index (χ2v) is 5.00. The van der Waals surface area contributed by atoms with Gasteiger partial charge < -0.3 is 16.2 Å². The summed E-state index contributed by atoms with van der Waals surface area (Å²) in [5.74, 6) is -0.882. The van der Waals surface area contributed by atoms with Gasteiger partial charge in [0, 0.05) is 10.5 Å². The molecule has 6 heteroatoms. The van der Waals surface area contributed by atoms with Crippen molar-refractivity contribution in [2.75, 3.05) is 5.73 Å². The van der Waals surface area contributed by atoms with Crippen LogP contribution in [0.25, 0.3) is 0 Å². The van der Waals surface area contributed by atoms with E-state index in [-0.39, 0.29) is 23.7 Å². The van der Waals surface area contributed by atoms with Crippen LogP contribution in [0.1, 0.15) is 23.2 Å². The maximum Gasteiger partial charge on any atom is 0.252 e. The minimum Gasteiger partial charge on any atom is -0.396 e. The van der Waals surface area contributed by atoms with Crippen molar-refractivity contribution in [1.29, 1.82) is 0 Å². The Morgan fingerprint density at radius 2 is 2.18 bits per heavy atom. The molecule has 0 radical (unpaired) electrons. The first-order valence-corrected chi connectivity index (χ1v) is 6.00. The third kappa shape index (κ3) is 2.58. The fourth-order valence-electron chi connectivity index (χ4n) is 1.71. The smallest absolute Gasteiger partial charge is 0.252 e. The van der Waals surface area contributed by atoms with E-state index < -0.39 is 5.82 Å². The average Bonchev–Trinajstić information content (AvgIpc) is 2.21. The molecule has 1 aromatic rings. The average molecular weight is 303 g/mol. The zero-order valence-electron chi connectivity index (χ0n) is 8.91. The van der Waals surface area contributed by atoms with Crippen molar-refractivity contribution in [3.05, 3.63) is 28.0 Å². The number of carbonyl (C=O) groups is 1. The molecule has 1 aromatic carbocycles. The SMILES string of the molecule is Nc1cc(C(=O)NC2CC(O)C2)c(Br)cc1F. The van der Waals surface area contributed by atoms with Crippen molar-refractivity contribution < 1.29 is 14.3 Å². The summed E-state index contributed by atoms with van der Waals surface area (Å²) < 4.78 is 13.5. The van der Waals surface area contributed by atoms with Crippen molar-refractivity contribution in [1.82, 2.24) is 5.32 Å². The molecule has 0 bridgehead atoms. The zero-order chi connectivity index (χ0) is 12.6. The van der Waals surface area contributed by atoms with E-state index in [9.17, 15) is 9.18 Å². The van der Waals surface area contributed by atoms with Crippen molar-refractivity contribution in [2.45, 2.75) is 25.0 Å². The molecule has 0 atom stereocenters. The highest BCUT2D eigenvalue weighted by Gasteiger charge is 2.29. The fraction of sp³-hybridized carbons (Fsp3) is 0.364. The van der Waals surface area contributed by atoms with E-state index in [1.807, 2.05) is 0 Å². The highest BCUT2D eigenvalue weighted by atomic mass is 79.9. The van der Waals surface area contributed by atoms with Gasteiger partial charge in [-0.3, -0.25) is 4.79 Å². The fourth-order valence-corrected chi connectivity index (χ4v) is 2.20. The van der Waals surface area contributed by atoms with Crippen molar-refractivity contribution >= 4 is 27.5 Å². The molecule has 1 aliphatic carbocycles. The lowest BCUT2D eigenvalue weighted by Gasteiger charge is -2.32. The topological polar surface area (TPSA) is 75.4 Å². The predicted molar refractivity (Wildman–Crippen MR) is 65.0 cm³/mol. The molecule has 0 spiro atoms. The van der Waals surface area contributed by atoms with E-state index in [0.29, 0.717) is 22.9 Å². The van der Waals surface area contributed by atoms with Crippen LogP contribution in [0.5, 0.6) is 0 Å². The van der Waals surface area contributed by atoms with E-state index in [1.165, 1.54) is 12.1 Å². The number of benzene rings is 1. The summed E-state index contributed by atoms with van der Waals surface area (Å²) in [6.45, 7) is 0. The predicted octanol–water partition coefficient (Wildman–Crippen LogP) is 1.42. The molecule has 92 valence electrons. The highest BCUT2D eigenvalue weighted by Crippen LogP contribution is 2.24. The van der Waals surface area contributed by atoms with Gasteiger partial charge in [0.25, 0.3) is 5.91 Å². The largest absolute Gasteiger partial charge is 0.396 e. The maximum absolute atomic E-state index is 13.1. The molecule has 0 aromatic heterocycles. The van der Waals surface area contributed by atoms with Crippen molar-refractivity contribution in [2.24, 2.45) is 0 Å². The lowest BCUT2D eigenvalue weighted by Crippen LogP contribution is -2.46. The number of carbonyl (C=O) groups excluding carboxylic acids is 1. The Hall–Kier alpha value is -1.14. The highest BCUT2D eigenvalue weighted by molar-refractivity contribution is 9.10. The van der Waals surface area contributed by atoms with Crippen LogP contribution in [0, 0.1) is 5.82 Å². The number of nitrogen functional groups attached to an aromatic ring is 1. The lowest BCUT2D eigenvalue weighted by molar-refractivity contribution is 0.0562. The second kappa shape index (κ2) is 4.62. The molecule has 0 unspecified atom stereocenters. The van der Waals surface area contributed by atoms with Gasteiger partial charge in [0.1, 0.15) is 5.82 Å². The van der Waals surface area contributed by atoms with Gasteiger partial charge in [-0.2, -0.15) is 0 Å². The minimum atomic E-state index is -0.563. The molecule has 17 heavy (non-hydrogen) atoms. The van der Waals surface area contributed by atoms with Crippen LogP contribution >= 0.6 is 15.9 Å². The van der Waals surface area contributed by atoms with E-state index in [0.717, 1.165) is 0 Å². The number of hydrogen-bond donors (Lipinski definition) is 3. The second-order valence-electron chi connectivity index (χ2n) is 4.15. The quantitative estimate of drug-likeness (QED) is 0.723. The molecule has 4 N–H and O–H groups in total. The number of nitrogens with one attached hydrogen (secondary N) is 1. The van der Waals surface area contributed by atoms with Crippen molar-refractivity contribution in [3.8, 4) is 0 Å². The molecule has 1 aliphatic rings. The Kier molecular flexibility index (Phi) is 3.35.